The van der Waals surface area contributed by atoms with Gasteiger partial charge in [0.05, 0.1) is 28.6 Å². The van der Waals surface area contributed by atoms with Gasteiger partial charge in [-0.2, -0.15) is 0 Å². The lowest BCUT2D eigenvalue weighted by Gasteiger charge is -2.27. The van der Waals surface area contributed by atoms with E-state index in [0.29, 0.717) is 26.9 Å². The van der Waals surface area contributed by atoms with Crippen LogP contribution in [-0.4, -0.2) is 23.9 Å². The molecule has 0 fully saturated rings. The number of hydrogen-bond acceptors (Lipinski definition) is 5. The van der Waals surface area contributed by atoms with E-state index in [9.17, 15) is 14.7 Å². The highest BCUT2D eigenvalue weighted by molar-refractivity contribution is 7.12. The number of carbonyl (C=O) groups excluding carboxylic acids is 2. The van der Waals surface area contributed by atoms with E-state index in [1.54, 1.807) is 35.7 Å². The third-order valence-electron chi connectivity index (χ3n) is 4.73. The van der Waals surface area contributed by atoms with E-state index in [1.807, 2.05) is 30.3 Å². The van der Waals surface area contributed by atoms with Gasteiger partial charge in [-0.05, 0) is 35.2 Å². The van der Waals surface area contributed by atoms with Crippen LogP contribution < -0.4 is 9.64 Å². The zero-order valence-corrected chi connectivity index (χ0v) is 16.9. The number of aliphatic hydroxyl groups is 1. The standard InChI is InChI=1S/C22H16ClNO4S/c1-28-16-10-9-14(12-15(16)23)24-19(13-6-3-2-4-7-13)18(21(26)22(24)27)20(25)17-8-5-11-29-17/h2-12,19,26H,1H3. The molecule has 1 aliphatic heterocycles. The van der Waals surface area contributed by atoms with Gasteiger partial charge in [-0.3, -0.25) is 14.5 Å². The van der Waals surface area contributed by atoms with Crippen molar-refractivity contribution in [2.75, 3.05) is 12.0 Å². The monoisotopic (exact) mass is 425 g/mol. The highest BCUT2D eigenvalue weighted by atomic mass is 35.5. The maximum atomic E-state index is 13.2. The molecule has 0 saturated heterocycles. The highest BCUT2D eigenvalue weighted by Gasteiger charge is 2.44. The van der Waals surface area contributed by atoms with E-state index in [2.05, 4.69) is 0 Å². The molecule has 2 heterocycles. The van der Waals surface area contributed by atoms with E-state index in [0.717, 1.165) is 0 Å². The molecule has 4 rings (SSSR count). The van der Waals surface area contributed by atoms with Crippen molar-refractivity contribution in [2.24, 2.45) is 0 Å². The van der Waals surface area contributed by atoms with Gasteiger partial charge in [-0.25, -0.2) is 0 Å². The first-order chi connectivity index (χ1) is 14.0. The van der Waals surface area contributed by atoms with Crippen LogP contribution in [-0.2, 0) is 4.79 Å². The van der Waals surface area contributed by atoms with Crippen molar-refractivity contribution in [1.29, 1.82) is 0 Å². The number of halogens is 1. The summed E-state index contributed by atoms with van der Waals surface area (Å²) in [6.45, 7) is 0. The summed E-state index contributed by atoms with van der Waals surface area (Å²) in [5.41, 5.74) is 1.21. The number of ether oxygens (including phenoxy) is 1. The summed E-state index contributed by atoms with van der Waals surface area (Å²) in [5.74, 6) is -1.11. The summed E-state index contributed by atoms with van der Waals surface area (Å²) in [6.07, 6.45) is 0. The van der Waals surface area contributed by atoms with Crippen LogP contribution in [0.1, 0.15) is 21.3 Å². The summed E-state index contributed by atoms with van der Waals surface area (Å²) in [4.78, 5) is 28.0. The molecule has 1 aliphatic rings. The van der Waals surface area contributed by atoms with Gasteiger partial charge in [0, 0.05) is 5.69 Å². The van der Waals surface area contributed by atoms with Crippen LogP contribution in [0, 0.1) is 0 Å². The Hall–Kier alpha value is -3.09. The fraction of sp³-hybridized carbons (Fsp3) is 0.0909. The maximum Gasteiger partial charge on any atom is 0.294 e. The number of methoxy groups -OCH3 is 1. The summed E-state index contributed by atoms with van der Waals surface area (Å²) >= 11 is 7.52. The van der Waals surface area contributed by atoms with Crippen LogP contribution in [0.4, 0.5) is 5.69 Å². The lowest BCUT2D eigenvalue weighted by molar-refractivity contribution is -0.117. The molecule has 2 aromatic carbocycles. The molecule has 1 unspecified atom stereocenters. The third-order valence-corrected chi connectivity index (χ3v) is 5.89. The smallest absolute Gasteiger partial charge is 0.294 e. The van der Waals surface area contributed by atoms with Crippen molar-refractivity contribution in [2.45, 2.75) is 6.04 Å². The second-order valence-electron chi connectivity index (χ2n) is 6.38. The highest BCUT2D eigenvalue weighted by Crippen LogP contribution is 2.43. The lowest BCUT2D eigenvalue weighted by Crippen LogP contribution is -2.31. The summed E-state index contributed by atoms with van der Waals surface area (Å²) < 4.78 is 5.18. The Morgan fingerprint density at radius 2 is 1.90 bits per heavy atom. The topological polar surface area (TPSA) is 66.8 Å². The minimum atomic E-state index is -0.775. The molecular formula is C22H16ClNO4S. The van der Waals surface area contributed by atoms with Gasteiger partial charge < -0.3 is 9.84 Å². The van der Waals surface area contributed by atoms with E-state index in [1.165, 1.54) is 23.3 Å². The molecule has 0 saturated carbocycles. The third kappa shape index (κ3) is 3.30. The van der Waals surface area contributed by atoms with Gasteiger partial charge in [-0.15, -0.1) is 11.3 Å². The molecule has 5 nitrogen and oxygen atoms in total. The van der Waals surface area contributed by atoms with E-state index in [4.69, 9.17) is 16.3 Å². The number of nitrogens with zero attached hydrogens (tertiary/aromatic N) is 1. The van der Waals surface area contributed by atoms with Crippen LogP contribution >= 0.6 is 22.9 Å². The molecule has 29 heavy (non-hydrogen) atoms. The normalized spacial score (nSPS) is 16.4. The van der Waals surface area contributed by atoms with E-state index in [-0.39, 0.29) is 11.4 Å². The average molecular weight is 426 g/mol. The minimum absolute atomic E-state index is 0.0515. The zero-order valence-electron chi connectivity index (χ0n) is 15.3. The Balaban J connectivity index is 1.87. The number of rotatable bonds is 5. The zero-order chi connectivity index (χ0) is 20.5. The quantitative estimate of drug-likeness (QED) is 0.571. The number of hydrogen-bond donors (Lipinski definition) is 1. The number of aliphatic hydroxyl groups excluding tert-OH is 1. The van der Waals surface area contributed by atoms with Crippen molar-refractivity contribution in [1.82, 2.24) is 0 Å². The molecule has 1 amide bonds. The SMILES string of the molecule is COc1ccc(N2C(=O)C(O)=C(C(=O)c3cccs3)C2c2ccccc2)cc1Cl. The fourth-order valence-electron chi connectivity index (χ4n) is 3.40. The Kier molecular flexibility index (Phi) is 5.13. The van der Waals surface area contributed by atoms with Crippen LogP contribution in [0.5, 0.6) is 5.75 Å². The minimum Gasteiger partial charge on any atom is -0.503 e. The first-order valence-electron chi connectivity index (χ1n) is 8.76. The van der Waals surface area contributed by atoms with Crippen molar-refractivity contribution < 1.29 is 19.4 Å². The van der Waals surface area contributed by atoms with E-state index < -0.39 is 17.7 Å². The molecule has 7 heteroatoms. The molecule has 146 valence electrons. The second-order valence-corrected chi connectivity index (χ2v) is 7.73. The predicted octanol–water partition coefficient (Wildman–Crippen LogP) is 5.19. The molecule has 1 aromatic heterocycles. The van der Waals surface area contributed by atoms with Crippen LogP contribution in [0.3, 0.4) is 0 Å². The maximum absolute atomic E-state index is 13.2. The fourth-order valence-corrected chi connectivity index (χ4v) is 4.33. The number of Topliss-reactive ketones (excluding diaryl/α,β-unsaturated/α-hetero) is 1. The summed E-state index contributed by atoms with van der Waals surface area (Å²) in [6, 6.07) is 16.7. The summed E-state index contributed by atoms with van der Waals surface area (Å²) in [7, 11) is 1.50. The van der Waals surface area contributed by atoms with Crippen molar-refractivity contribution >= 4 is 40.3 Å². The average Bonchev–Trinajstić information content (AvgIpc) is 3.36. The van der Waals surface area contributed by atoms with Gasteiger partial charge in [0.25, 0.3) is 5.91 Å². The predicted molar refractivity (Wildman–Crippen MR) is 113 cm³/mol. The second kappa shape index (κ2) is 7.73. The van der Waals surface area contributed by atoms with Crippen LogP contribution in [0.2, 0.25) is 5.02 Å². The van der Waals surface area contributed by atoms with Crippen molar-refractivity contribution in [3.8, 4) is 5.75 Å². The molecule has 3 aromatic rings. The van der Waals surface area contributed by atoms with Crippen molar-refractivity contribution in [3.63, 3.8) is 0 Å². The largest absolute Gasteiger partial charge is 0.503 e. The van der Waals surface area contributed by atoms with Crippen LogP contribution in [0.15, 0.2) is 77.4 Å². The lowest BCUT2D eigenvalue weighted by atomic mass is 9.95. The number of benzene rings is 2. The van der Waals surface area contributed by atoms with E-state index >= 15 is 0 Å². The Morgan fingerprint density at radius 1 is 1.14 bits per heavy atom. The summed E-state index contributed by atoms with van der Waals surface area (Å²) in [5, 5.41) is 12.8. The van der Waals surface area contributed by atoms with Gasteiger partial charge in [0.2, 0.25) is 5.78 Å². The number of carbonyl (C=O) groups is 2. The molecule has 0 radical (unpaired) electrons. The number of ketones is 1. The molecule has 0 spiro atoms. The van der Waals surface area contributed by atoms with Gasteiger partial charge in [0.15, 0.2) is 5.76 Å². The number of thiophene rings is 1. The van der Waals surface area contributed by atoms with Gasteiger partial charge >= 0.3 is 0 Å². The van der Waals surface area contributed by atoms with Crippen molar-refractivity contribution in [3.05, 3.63) is 92.8 Å². The molecule has 0 aliphatic carbocycles. The Labute approximate surface area is 176 Å². The van der Waals surface area contributed by atoms with Gasteiger partial charge in [-0.1, -0.05) is 48.0 Å². The number of anilines is 1. The van der Waals surface area contributed by atoms with Gasteiger partial charge in [0.1, 0.15) is 5.75 Å². The Bertz CT molecular complexity index is 1110. The molecule has 1 N–H and O–H groups in total. The first kappa shape index (κ1) is 19.2. The molecular weight excluding hydrogens is 410 g/mol. The molecule has 0 bridgehead atoms. The Morgan fingerprint density at radius 3 is 2.52 bits per heavy atom. The first-order valence-corrected chi connectivity index (χ1v) is 10.0. The number of amides is 1. The molecule has 1 atom stereocenters. The van der Waals surface area contributed by atoms with Crippen LogP contribution in [0.25, 0.3) is 0 Å².